The number of rotatable bonds is 6. The molecule has 12 rings (SSSR count). The van der Waals surface area contributed by atoms with Crippen LogP contribution < -0.4 is 9.80 Å². The second kappa shape index (κ2) is 14.4. The quantitative estimate of drug-likeness (QED) is 0.231. The van der Waals surface area contributed by atoms with Crippen LogP contribution in [0.2, 0.25) is 0 Å². The first-order chi connectivity index (χ1) is 29.3. The first kappa shape index (κ1) is 35.6. The van der Waals surface area contributed by atoms with E-state index in [1.807, 2.05) is 0 Å². The van der Waals surface area contributed by atoms with E-state index in [0.29, 0.717) is 35.5 Å². The maximum atomic E-state index is 2.78. The molecule has 0 N–H and O–H groups in total. The third-order valence-corrected chi connectivity index (χ3v) is 16.0. The summed E-state index contributed by atoms with van der Waals surface area (Å²) in [5.41, 5.74) is 14.9. The molecular weight excluding hydrogens is 713 g/mol. The number of hydrogen-bond donors (Lipinski definition) is 0. The van der Waals surface area contributed by atoms with Gasteiger partial charge in [0.15, 0.2) is 0 Å². The highest BCUT2D eigenvalue weighted by Gasteiger charge is 2.65. The van der Waals surface area contributed by atoms with Gasteiger partial charge in [-0.15, -0.1) is 0 Å². The third kappa shape index (κ3) is 5.44. The van der Waals surface area contributed by atoms with Crippen LogP contribution in [0.5, 0.6) is 0 Å². The lowest BCUT2D eigenvalue weighted by atomic mass is 9.59. The van der Waals surface area contributed by atoms with Crippen LogP contribution in [0.25, 0.3) is 5.57 Å². The molecule has 1 spiro atoms. The maximum absolute atomic E-state index is 2.78. The molecule has 9 aliphatic carbocycles. The van der Waals surface area contributed by atoms with E-state index in [1.165, 1.54) is 66.0 Å². The van der Waals surface area contributed by atoms with E-state index in [9.17, 15) is 0 Å². The molecule has 59 heavy (non-hydrogen) atoms. The zero-order valence-electron chi connectivity index (χ0n) is 34.3. The molecule has 0 aliphatic heterocycles. The molecule has 3 aromatic carbocycles. The van der Waals surface area contributed by atoms with Crippen molar-refractivity contribution in [1.29, 1.82) is 0 Å². The van der Waals surface area contributed by atoms with E-state index in [1.54, 1.807) is 22.3 Å². The Kier molecular flexibility index (Phi) is 8.71. The van der Waals surface area contributed by atoms with Crippen molar-refractivity contribution in [3.05, 3.63) is 209 Å². The predicted octanol–water partition coefficient (Wildman–Crippen LogP) is 13.6. The molecule has 0 aromatic heterocycles. The highest BCUT2D eigenvalue weighted by Crippen LogP contribution is 2.70. The van der Waals surface area contributed by atoms with Crippen LogP contribution in [-0.4, -0.2) is 12.1 Å². The number of fused-ring (bicyclic) bond motifs is 11. The molecule has 0 heterocycles. The molecule has 294 valence electrons. The number of nitrogens with zero attached hydrogens (tertiary/aromatic N) is 2. The summed E-state index contributed by atoms with van der Waals surface area (Å²) in [6, 6.07) is 33.1. The average molecular weight is 769 g/mol. The van der Waals surface area contributed by atoms with E-state index in [0.717, 1.165) is 32.1 Å². The van der Waals surface area contributed by atoms with Crippen molar-refractivity contribution in [2.75, 3.05) is 9.80 Å². The Morgan fingerprint density at radius 3 is 2.25 bits per heavy atom. The molecule has 3 aromatic rings. The van der Waals surface area contributed by atoms with Gasteiger partial charge in [0, 0.05) is 39.7 Å². The molecule has 0 saturated heterocycles. The van der Waals surface area contributed by atoms with E-state index in [-0.39, 0.29) is 17.5 Å². The SMILES string of the molecule is C1=CC(N(C2=CCCC3=C2c2ccccc2C32C3CCC=CC3C3C=CC(N(C4=C5C=CCCC5CC=C4)c4ccccc4)CC32)c2ccccc2)C2CCC=CC2=C1. The smallest absolute Gasteiger partial charge is 0.0594 e. The monoisotopic (exact) mass is 768 g/mol. The van der Waals surface area contributed by atoms with Gasteiger partial charge in [0.05, 0.1) is 12.1 Å². The molecule has 0 bridgehead atoms. The number of para-hydroxylation sites is 2. The highest BCUT2D eigenvalue weighted by atomic mass is 15.2. The topological polar surface area (TPSA) is 6.48 Å². The van der Waals surface area contributed by atoms with Gasteiger partial charge in [-0.05, 0) is 152 Å². The Balaban J connectivity index is 1.03. The summed E-state index contributed by atoms with van der Waals surface area (Å²) in [5.74, 6) is 3.26. The van der Waals surface area contributed by atoms with Gasteiger partial charge in [-0.1, -0.05) is 140 Å². The summed E-state index contributed by atoms with van der Waals surface area (Å²) >= 11 is 0. The van der Waals surface area contributed by atoms with Crippen molar-refractivity contribution in [3.8, 4) is 0 Å². The maximum Gasteiger partial charge on any atom is 0.0594 e. The molecule has 0 amide bonds. The summed E-state index contributed by atoms with van der Waals surface area (Å²) in [5, 5.41) is 0. The fourth-order valence-electron chi connectivity index (χ4n) is 13.9. The number of benzene rings is 3. The van der Waals surface area contributed by atoms with Crippen molar-refractivity contribution in [2.24, 2.45) is 35.5 Å². The highest BCUT2D eigenvalue weighted by molar-refractivity contribution is 5.94. The van der Waals surface area contributed by atoms with Gasteiger partial charge < -0.3 is 9.80 Å². The van der Waals surface area contributed by atoms with Crippen molar-refractivity contribution in [1.82, 2.24) is 0 Å². The molecule has 2 nitrogen and oxygen atoms in total. The van der Waals surface area contributed by atoms with Crippen molar-refractivity contribution in [2.45, 2.75) is 81.7 Å². The molecule has 9 atom stereocenters. The van der Waals surface area contributed by atoms with Gasteiger partial charge in [-0.3, -0.25) is 0 Å². The fourth-order valence-corrected chi connectivity index (χ4v) is 13.9. The van der Waals surface area contributed by atoms with Gasteiger partial charge >= 0.3 is 0 Å². The summed E-state index contributed by atoms with van der Waals surface area (Å²) in [4.78, 5) is 5.53. The number of anilines is 2. The first-order valence-corrected chi connectivity index (χ1v) is 23.0. The van der Waals surface area contributed by atoms with E-state index >= 15 is 0 Å². The first-order valence-electron chi connectivity index (χ1n) is 23.0. The van der Waals surface area contributed by atoms with Crippen molar-refractivity contribution >= 4 is 16.9 Å². The zero-order chi connectivity index (χ0) is 38.9. The molecular formula is C57H56N2. The number of hydrogen-bond acceptors (Lipinski definition) is 2. The van der Waals surface area contributed by atoms with E-state index in [4.69, 9.17) is 0 Å². The van der Waals surface area contributed by atoms with Crippen LogP contribution in [0.1, 0.15) is 75.3 Å². The van der Waals surface area contributed by atoms with Gasteiger partial charge in [0.2, 0.25) is 0 Å². The fraction of sp³-hybridized carbons (Fsp3) is 0.333. The summed E-state index contributed by atoms with van der Waals surface area (Å²) in [7, 11) is 0. The van der Waals surface area contributed by atoms with Crippen LogP contribution in [0.3, 0.4) is 0 Å². The summed E-state index contributed by atoms with van der Waals surface area (Å²) in [6.45, 7) is 0. The van der Waals surface area contributed by atoms with Crippen molar-refractivity contribution in [3.63, 3.8) is 0 Å². The van der Waals surface area contributed by atoms with Gasteiger partial charge in [0.25, 0.3) is 0 Å². The van der Waals surface area contributed by atoms with Crippen LogP contribution >= 0.6 is 0 Å². The second-order valence-electron chi connectivity index (χ2n) is 18.7. The minimum Gasteiger partial charge on any atom is -0.334 e. The minimum atomic E-state index is -0.00616. The Bertz CT molecular complexity index is 2460. The predicted molar refractivity (Wildman–Crippen MR) is 246 cm³/mol. The molecule has 9 aliphatic rings. The Labute approximate surface area is 351 Å². The largest absolute Gasteiger partial charge is 0.334 e. The second-order valence-corrected chi connectivity index (χ2v) is 18.7. The van der Waals surface area contributed by atoms with E-state index < -0.39 is 0 Å². The van der Waals surface area contributed by atoms with Gasteiger partial charge in [-0.25, -0.2) is 0 Å². The van der Waals surface area contributed by atoms with Crippen LogP contribution in [0, 0.1) is 35.5 Å². The zero-order valence-corrected chi connectivity index (χ0v) is 34.3. The lowest BCUT2D eigenvalue weighted by Gasteiger charge is -2.47. The minimum absolute atomic E-state index is 0.00616. The standard InChI is InChI=1S/C57H56N2/c1-3-22-41(23-4-1)58(53-33-15-20-39-18-7-9-26-44(39)53)43-36-37-47-46-28-11-13-30-49(46)57(52(47)38-43)50-31-14-12-29-48(50)56-51(57)32-17-35-55(56)59(42-24-5-2-6-25-42)54-34-16-21-40-19-8-10-27-45(40)54/h1-6,8-9,11-12,14-16,19,21-26,28-29,31,33-37,39,43,45-47,49,52,54H,7,10,13,17-18,20,27,30,32,38H2. The molecule has 1 saturated carbocycles. The Hall–Kier alpha value is -5.34. The molecule has 9 unspecified atom stereocenters. The normalized spacial score (nSPS) is 33.2. The lowest BCUT2D eigenvalue weighted by molar-refractivity contribution is 0.238. The average Bonchev–Trinajstić information content (AvgIpc) is 3.78. The van der Waals surface area contributed by atoms with Gasteiger partial charge in [0.1, 0.15) is 0 Å². The molecule has 0 radical (unpaired) electrons. The third-order valence-electron chi connectivity index (χ3n) is 16.0. The molecule has 2 heteroatoms. The Morgan fingerprint density at radius 2 is 1.37 bits per heavy atom. The van der Waals surface area contributed by atoms with Crippen LogP contribution in [-0.2, 0) is 5.41 Å². The summed E-state index contributed by atoms with van der Waals surface area (Å²) < 4.78 is 0. The summed E-state index contributed by atoms with van der Waals surface area (Å²) in [6.07, 6.45) is 46.8. The van der Waals surface area contributed by atoms with Crippen LogP contribution in [0.15, 0.2) is 198 Å². The van der Waals surface area contributed by atoms with Crippen molar-refractivity contribution < 1.29 is 0 Å². The van der Waals surface area contributed by atoms with Crippen LogP contribution in [0.4, 0.5) is 11.4 Å². The number of allylic oxidation sites excluding steroid dienone is 15. The van der Waals surface area contributed by atoms with E-state index in [2.05, 4.69) is 180 Å². The lowest BCUT2D eigenvalue weighted by Crippen LogP contribution is -2.45. The van der Waals surface area contributed by atoms with Gasteiger partial charge in [-0.2, -0.15) is 0 Å². The Morgan fingerprint density at radius 1 is 0.610 bits per heavy atom. The molecule has 1 fully saturated rings.